The number of hydrogen-bond donors (Lipinski definition) is 0. The maximum atomic E-state index is 11.8. The smallest absolute Gasteiger partial charge is 0.251 e. The SMILES string of the molecule is C.C.C.C.C.C.CC(C)C1CC1.CC(C)C1CCC1.CC1CC1.CC1CCC1.CCC(C)C.CCC(C)C.CCC(C)OC.CCC1CC1.CCC1CC1(F)F.CCC1CCC1.COCC(C)C. The summed E-state index contributed by atoms with van der Waals surface area (Å²) in [5.74, 6) is 8.38. The summed E-state index contributed by atoms with van der Waals surface area (Å²) >= 11 is 0. The molecule has 2 atom stereocenters. The van der Waals surface area contributed by atoms with Gasteiger partial charge in [-0.25, -0.2) is 8.78 Å². The Morgan fingerprint density at radius 2 is 0.750 bits per heavy atom. The van der Waals surface area contributed by atoms with Gasteiger partial charge >= 0.3 is 0 Å². The van der Waals surface area contributed by atoms with Crippen LogP contribution in [0.2, 0.25) is 0 Å². The summed E-state index contributed by atoms with van der Waals surface area (Å²) in [5.41, 5.74) is 0. The van der Waals surface area contributed by atoms with Gasteiger partial charge in [-0.2, -0.15) is 0 Å². The van der Waals surface area contributed by atoms with E-state index in [4.69, 9.17) is 9.47 Å². The second kappa shape index (κ2) is 59.3. The first kappa shape index (κ1) is 90.5. The van der Waals surface area contributed by atoms with Crippen LogP contribution in [0.5, 0.6) is 0 Å². The molecular formula is C64H146F2O2. The summed E-state index contributed by atoms with van der Waals surface area (Å²) in [6, 6.07) is 0. The van der Waals surface area contributed by atoms with Crippen molar-refractivity contribution in [1.82, 2.24) is 0 Å². The van der Waals surface area contributed by atoms with Crippen LogP contribution >= 0.6 is 0 Å². The normalized spacial score (nSPS) is 18.8. The molecule has 0 spiro atoms. The highest BCUT2D eigenvalue weighted by Gasteiger charge is 2.55. The molecule has 2 nitrogen and oxygen atoms in total. The minimum Gasteiger partial charge on any atom is -0.384 e. The molecule has 7 aliphatic carbocycles. The van der Waals surface area contributed by atoms with Crippen molar-refractivity contribution >= 4 is 0 Å². The van der Waals surface area contributed by atoms with Crippen LogP contribution in [0.15, 0.2) is 0 Å². The third kappa shape index (κ3) is 74.7. The van der Waals surface area contributed by atoms with E-state index in [9.17, 15) is 8.78 Å². The van der Waals surface area contributed by atoms with Gasteiger partial charge in [-0.15, -0.1) is 0 Å². The van der Waals surface area contributed by atoms with Gasteiger partial charge < -0.3 is 9.47 Å². The fourth-order valence-electron chi connectivity index (χ4n) is 5.29. The summed E-state index contributed by atoms with van der Waals surface area (Å²) in [7, 11) is 3.45. The van der Waals surface area contributed by atoms with Gasteiger partial charge in [-0.3, -0.25) is 0 Å². The van der Waals surface area contributed by atoms with Gasteiger partial charge in [0, 0.05) is 33.2 Å². The van der Waals surface area contributed by atoms with Gasteiger partial charge in [0.05, 0.1) is 6.10 Å². The van der Waals surface area contributed by atoms with E-state index in [-0.39, 0.29) is 56.9 Å². The van der Waals surface area contributed by atoms with Crippen LogP contribution in [-0.4, -0.2) is 32.9 Å². The predicted octanol–water partition coefficient (Wildman–Crippen LogP) is 24.4. The van der Waals surface area contributed by atoms with E-state index in [1.807, 2.05) is 0 Å². The summed E-state index contributed by atoms with van der Waals surface area (Å²) in [4.78, 5) is 0. The van der Waals surface area contributed by atoms with E-state index >= 15 is 0 Å². The van der Waals surface area contributed by atoms with Gasteiger partial charge in [0.2, 0.25) is 0 Å². The second-order valence-electron chi connectivity index (χ2n) is 22.3. The first-order valence-electron chi connectivity index (χ1n) is 27.4. The van der Waals surface area contributed by atoms with Crippen molar-refractivity contribution in [2.45, 2.75) is 329 Å². The van der Waals surface area contributed by atoms with Crippen LogP contribution in [0, 0.1) is 71.0 Å². The highest BCUT2D eigenvalue weighted by Crippen LogP contribution is 2.50. The summed E-state index contributed by atoms with van der Waals surface area (Å²) in [6.07, 6.45) is 30.2. The maximum absolute atomic E-state index is 11.8. The molecule has 7 saturated carbocycles. The van der Waals surface area contributed by atoms with Crippen LogP contribution in [0.25, 0.3) is 0 Å². The molecule has 7 fully saturated rings. The number of hydrogen-bond acceptors (Lipinski definition) is 2. The Bertz CT molecular complexity index is 817. The van der Waals surface area contributed by atoms with Crippen LogP contribution < -0.4 is 0 Å². The first-order chi connectivity index (χ1) is 29.0. The lowest BCUT2D eigenvalue weighted by molar-refractivity contribution is 0.0981. The number of ether oxygens (including phenoxy) is 2. The lowest BCUT2D eigenvalue weighted by Crippen LogP contribution is -2.16. The number of alkyl halides is 2. The van der Waals surface area contributed by atoms with Crippen molar-refractivity contribution < 1.29 is 18.3 Å². The van der Waals surface area contributed by atoms with E-state index < -0.39 is 5.92 Å². The molecule has 68 heavy (non-hydrogen) atoms. The van der Waals surface area contributed by atoms with E-state index in [1.54, 1.807) is 21.1 Å². The molecule has 0 radical (unpaired) electrons. The molecule has 0 aromatic rings. The highest BCUT2D eigenvalue weighted by molar-refractivity contribution is 4.93. The lowest BCUT2D eigenvalue weighted by atomic mass is 9.78. The standard InChI is InChI=1S/C7H14.2C6H12.C5H8F2.2C5H12O.2C5H10.2C5H12.C4H8.6CH4/c1-6(2)7-4-3-5-7;1-5(2)6-3-4-6;1-2-6-4-3-5-6;1-2-4-3-5(4,6)7;1-5(2)4-6-3;1-4-5(2)6-3;1-5-3-2-4-5;1-2-5-3-4-5;2*1-4-5(2)3;1-4-2-3-4;;;;;;/h6-7H,3-5H2,1-2H3;5-6H,3-4H2,1-2H3;6H,2-5H2,1H3;4H,2-3H2,1H3;2*5H,4H2,1-3H3;2*5H,2-4H2,1H3;2*5H,4H2,1-3H3;4H,2-3H2,1H3;6*1H4. The zero-order valence-electron chi connectivity index (χ0n) is 46.8. The monoisotopic (exact) mass is 985 g/mol. The largest absolute Gasteiger partial charge is 0.384 e. The molecule has 0 aromatic heterocycles. The molecule has 0 heterocycles. The van der Waals surface area contributed by atoms with Crippen LogP contribution in [0.3, 0.4) is 0 Å². The van der Waals surface area contributed by atoms with E-state index in [0.29, 0.717) is 18.4 Å². The Hall–Kier alpha value is -0.220. The lowest BCUT2D eigenvalue weighted by Gasteiger charge is -2.28. The fraction of sp³-hybridized carbons (Fsp3) is 1.00. The predicted molar refractivity (Wildman–Crippen MR) is 319 cm³/mol. The molecule has 428 valence electrons. The second-order valence-corrected chi connectivity index (χ2v) is 22.3. The van der Waals surface area contributed by atoms with Crippen LogP contribution in [-0.2, 0) is 9.47 Å². The average Bonchev–Trinajstić information content (AvgIpc) is 3.97. The zero-order valence-corrected chi connectivity index (χ0v) is 46.8. The number of rotatable bonds is 11. The minimum atomic E-state index is -2.28. The van der Waals surface area contributed by atoms with Gasteiger partial charge in [0.1, 0.15) is 0 Å². The Balaban J connectivity index is -0.0000000676. The Morgan fingerprint density at radius 1 is 0.441 bits per heavy atom. The third-order valence-electron chi connectivity index (χ3n) is 13.6. The molecular weight excluding hydrogens is 839 g/mol. The van der Waals surface area contributed by atoms with E-state index in [1.165, 1.54) is 122 Å². The third-order valence-corrected chi connectivity index (χ3v) is 13.6. The molecule has 0 bridgehead atoms. The quantitative estimate of drug-likeness (QED) is 0.205. The van der Waals surface area contributed by atoms with Crippen molar-refractivity contribution in [3.8, 4) is 0 Å². The van der Waals surface area contributed by atoms with Crippen molar-refractivity contribution in [1.29, 1.82) is 0 Å². The van der Waals surface area contributed by atoms with Crippen LogP contribution in [0.4, 0.5) is 8.78 Å². The molecule has 7 aliphatic rings. The number of halogens is 2. The topological polar surface area (TPSA) is 18.5 Å². The van der Waals surface area contributed by atoms with Crippen molar-refractivity contribution in [3.05, 3.63) is 0 Å². The summed E-state index contributed by atoms with van der Waals surface area (Å²) in [6.45, 7) is 42.8. The van der Waals surface area contributed by atoms with Gasteiger partial charge in [0.25, 0.3) is 5.92 Å². The van der Waals surface area contributed by atoms with E-state index in [2.05, 4.69) is 125 Å². The summed E-state index contributed by atoms with van der Waals surface area (Å²) < 4.78 is 33.3. The Morgan fingerprint density at radius 3 is 0.750 bits per heavy atom. The Kier molecular flexibility index (Phi) is 79.0. The van der Waals surface area contributed by atoms with Gasteiger partial charge in [-0.1, -0.05) is 278 Å². The average molecular weight is 986 g/mol. The molecule has 2 unspecified atom stereocenters. The maximum Gasteiger partial charge on any atom is 0.251 e. The molecule has 7 rings (SSSR count). The van der Waals surface area contributed by atoms with Crippen molar-refractivity contribution in [2.75, 3.05) is 20.8 Å². The fourth-order valence-corrected chi connectivity index (χ4v) is 5.29. The van der Waals surface area contributed by atoms with Crippen molar-refractivity contribution in [3.63, 3.8) is 0 Å². The van der Waals surface area contributed by atoms with E-state index in [0.717, 1.165) is 72.2 Å². The van der Waals surface area contributed by atoms with Gasteiger partial charge in [-0.05, 0) is 97.7 Å². The highest BCUT2D eigenvalue weighted by atomic mass is 19.3. The summed E-state index contributed by atoms with van der Waals surface area (Å²) in [5, 5.41) is 0. The number of methoxy groups -OCH3 is 2. The minimum absolute atomic E-state index is 0. The molecule has 4 heteroatoms. The van der Waals surface area contributed by atoms with Crippen LogP contribution in [0.1, 0.15) is 317 Å². The molecule has 0 N–H and O–H groups in total. The van der Waals surface area contributed by atoms with Gasteiger partial charge in [0.15, 0.2) is 0 Å². The van der Waals surface area contributed by atoms with Crippen molar-refractivity contribution in [2.24, 2.45) is 71.0 Å². The zero-order chi connectivity index (χ0) is 48.7. The molecule has 0 aromatic carbocycles. The molecule has 0 aliphatic heterocycles. The first-order valence-corrected chi connectivity index (χ1v) is 27.4. The molecule has 0 amide bonds. The Labute approximate surface area is 437 Å². The molecule has 0 saturated heterocycles.